The van der Waals surface area contributed by atoms with E-state index in [4.69, 9.17) is 0 Å². The molecule has 1 aliphatic heterocycles. The molecule has 4 rings (SSSR count). The Morgan fingerprint density at radius 3 is 2.39 bits per heavy atom. The van der Waals surface area contributed by atoms with E-state index in [1.54, 1.807) is 17.0 Å². The Morgan fingerprint density at radius 1 is 1.00 bits per heavy atom. The van der Waals surface area contributed by atoms with Crippen molar-refractivity contribution in [3.05, 3.63) is 65.2 Å². The molecular weight excluding hydrogens is 386 g/mol. The lowest BCUT2D eigenvalue weighted by atomic mass is 9.94. The maximum atomic E-state index is 12.7. The predicted molar refractivity (Wildman–Crippen MR) is 124 cm³/mol. The number of rotatable bonds is 7. The van der Waals surface area contributed by atoms with Gasteiger partial charge in [-0.25, -0.2) is 0 Å². The van der Waals surface area contributed by atoms with E-state index in [9.17, 15) is 9.59 Å². The second-order valence-corrected chi connectivity index (χ2v) is 8.85. The van der Waals surface area contributed by atoms with Gasteiger partial charge in [-0.3, -0.25) is 14.5 Å². The molecule has 5 heteroatoms. The van der Waals surface area contributed by atoms with E-state index >= 15 is 0 Å². The molecule has 2 aromatic rings. The maximum absolute atomic E-state index is 12.7. The van der Waals surface area contributed by atoms with Gasteiger partial charge in [-0.1, -0.05) is 43.5 Å². The van der Waals surface area contributed by atoms with Crippen LogP contribution in [0.4, 0.5) is 5.69 Å². The monoisotopic (exact) mass is 419 g/mol. The first-order valence-corrected chi connectivity index (χ1v) is 11.6. The number of hydrogen-bond donors (Lipinski definition) is 1. The van der Waals surface area contributed by atoms with Crippen LogP contribution in [0.2, 0.25) is 0 Å². The fraction of sp³-hybridized carbons (Fsp3) is 0.462. The summed E-state index contributed by atoms with van der Waals surface area (Å²) in [5.74, 6) is 0.0711. The van der Waals surface area contributed by atoms with Gasteiger partial charge < -0.3 is 10.2 Å². The molecule has 2 aromatic carbocycles. The molecule has 0 unspecified atom stereocenters. The fourth-order valence-electron chi connectivity index (χ4n) is 4.80. The van der Waals surface area contributed by atoms with Gasteiger partial charge in [0.1, 0.15) is 0 Å². The zero-order chi connectivity index (χ0) is 21.6. The van der Waals surface area contributed by atoms with Crippen LogP contribution in [0.15, 0.2) is 48.5 Å². The van der Waals surface area contributed by atoms with E-state index in [1.807, 2.05) is 18.2 Å². The van der Waals surface area contributed by atoms with Gasteiger partial charge in [-0.2, -0.15) is 0 Å². The van der Waals surface area contributed by atoms with E-state index in [0.717, 1.165) is 30.8 Å². The molecule has 1 saturated heterocycles. The summed E-state index contributed by atoms with van der Waals surface area (Å²) in [4.78, 5) is 28.9. The van der Waals surface area contributed by atoms with Crippen LogP contribution >= 0.6 is 0 Å². The van der Waals surface area contributed by atoms with Crippen LogP contribution in [0.1, 0.15) is 66.4 Å². The standard InChI is InChI=1S/C26H33N3O2/c1-28(23-10-3-2-4-11-23)19-22-9-6-5-8-21(22)18-27-26(31)20-13-15-24(16-14-20)29-17-7-12-25(29)30/h5-6,8-9,13-16,23H,2-4,7,10-12,17-19H2,1H3,(H,27,31). The van der Waals surface area contributed by atoms with Gasteiger partial charge in [0.05, 0.1) is 0 Å². The summed E-state index contributed by atoms with van der Waals surface area (Å²) < 4.78 is 0. The highest BCUT2D eigenvalue weighted by molar-refractivity contribution is 5.97. The third-order valence-corrected chi connectivity index (χ3v) is 6.69. The number of hydrogen-bond acceptors (Lipinski definition) is 3. The van der Waals surface area contributed by atoms with Crippen LogP contribution in [0.25, 0.3) is 0 Å². The number of amides is 2. The van der Waals surface area contributed by atoms with Crippen LogP contribution < -0.4 is 10.2 Å². The number of nitrogens with one attached hydrogen (secondary N) is 1. The number of benzene rings is 2. The summed E-state index contributed by atoms with van der Waals surface area (Å²) >= 11 is 0. The molecule has 0 bridgehead atoms. The molecule has 1 saturated carbocycles. The lowest BCUT2D eigenvalue weighted by molar-refractivity contribution is -0.117. The first-order chi connectivity index (χ1) is 15.1. The van der Waals surface area contributed by atoms with Gasteiger partial charge in [-0.15, -0.1) is 0 Å². The third kappa shape index (κ3) is 5.34. The molecule has 31 heavy (non-hydrogen) atoms. The molecule has 1 aliphatic carbocycles. The Balaban J connectivity index is 1.35. The summed E-state index contributed by atoms with van der Waals surface area (Å²) in [6.07, 6.45) is 8.11. The molecular formula is C26H33N3O2. The van der Waals surface area contributed by atoms with Crippen molar-refractivity contribution in [2.45, 2.75) is 64.1 Å². The van der Waals surface area contributed by atoms with E-state index in [-0.39, 0.29) is 11.8 Å². The number of anilines is 1. The average molecular weight is 420 g/mol. The summed E-state index contributed by atoms with van der Waals surface area (Å²) in [5, 5.41) is 3.07. The summed E-state index contributed by atoms with van der Waals surface area (Å²) in [7, 11) is 2.22. The van der Waals surface area contributed by atoms with Gasteiger partial charge in [0, 0.05) is 43.3 Å². The molecule has 0 spiro atoms. The molecule has 2 amide bonds. The molecule has 2 aliphatic rings. The summed E-state index contributed by atoms with van der Waals surface area (Å²) in [5.41, 5.74) is 3.93. The minimum Gasteiger partial charge on any atom is -0.348 e. The SMILES string of the molecule is CN(Cc1ccccc1CNC(=O)c1ccc(N2CCCC2=O)cc1)C1CCCCC1. The predicted octanol–water partition coefficient (Wildman–Crippen LogP) is 4.51. The molecule has 1 N–H and O–H groups in total. The number of carbonyl (C=O) groups is 2. The van der Waals surface area contributed by atoms with Gasteiger partial charge in [0.15, 0.2) is 0 Å². The smallest absolute Gasteiger partial charge is 0.251 e. The highest BCUT2D eigenvalue weighted by atomic mass is 16.2. The first-order valence-electron chi connectivity index (χ1n) is 11.6. The van der Waals surface area contributed by atoms with Crippen molar-refractivity contribution in [3.8, 4) is 0 Å². The van der Waals surface area contributed by atoms with Crippen LogP contribution in [0, 0.1) is 0 Å². The van der Waals surface area contributed by atoms with Crippen LogP contribution in [0.3, 0.4) is 0 Å². The lowest BCUT2D eigenvalue weighted by Gasteiger charge is -2.31. The van der Waals surface area contributed by atoms with Crippen LogP contribution in [-0.2, 0) is 17.9 Å². The number of carbonyl (C=O) groups excluding carboxylic acids is 2. The first kappa shape index (κ1) is 21.6. The van der Waals surface area contributed by atoms with Crippen molar-refractivity contribution in [2.24, 2.45) is 0 Å². The van der Waals surface area contributed by atoms with Crippen LogP contribution in [-0.4, -0.2) is 36.3 Å². The quantitative estimate of drug-likeness (QED) is 0.719. The Morgan fingerprint density at radius 2 is 1.71 bits per heavy atom. The second kappa shape index (κ2) is 10.1. The lowest BCUT2D eigenvalue weighted by Crippen LogP contribution is -2.33. The van der Waals surface area contributed by atoms with Crippen molar-refractivity contribution >= 4 is 17.5 Å². The van der Waals surface area contributed by atoms with Crippen molar-refractivity contribution in [1.29, 1.82) is 0 Å². The molecule has 2 fully saturated rings. The van der Waals surface area contributed by atoms with Gasteiger partial charge in [-0.05, 0) is 61.7 Å². The normalized spacial score (nSPS) is 17.4. The molecule has 0 aromatic heterocycles. The number of nitrogens with zero attached hydrogens (tertiary/aromatic N) is 2. The van der Waals surface area contributed by atoms with Gasteiger partial charge in [0.25, 0.3) is 5.91 Å². The summed E-state index contributed by atoms with van der Waals surface area (Å²) in [6.45, 7) is 2.19. The maximum Gasteiger partial charge on any atom is 0.251 e. The van der Waals surface area contributed by atoms with Gasteiger partial charge in [0.2, 0.25) is 5.91 Å². The Bertz CT molecular complexity index is 903. The topological polar surface area (TPSA) is 52.7 Å². The van der Waals surface area contributed by atoms with E-state index < -0.39 is 0 Å². The molecule has 0 radical (unpaired) electrons. The van der Waals surface area contributed by atoms with Crippen molar-refractivity contribution < 1.29 is 9.59 Å². The molecule has 164 valence electrons. The van der Waals surface area contributed by atoms with Crippen molar-refractivity contribution in [3.63, 3.8) is 0 Å². The Hall–Kier alpha value is -2.66. The minimum atomic E-state index is -0.0882. The fourth-order valence-corrected chi connectivity index (χ4v) is 4.80. The largest absolute Gasteiger partial charge is 0.348 e. The Kier molecular flexibility index (Phi) is 7.03. The minimum absolute atomic E-state index is 0.0882. The Labute approximate surface area is 185 Å². The van der Waals surface area contributed by atoms with Crippen molar-refractivity contribution in [2.75, 3.05) is 18.5 Å². The van der Waals surface area contributed by atoms with E-state index in [0.29, 0.717) is 24.6 Å². The highest BCUT2D eigenvalue weighted by Gasteiger charge is 2.22. The molecule has 5 nitrogen and oxygen atoms in total. The van der Waals surface area contributed by atoms with E-state index in [2.05, 4.69) is 35.5 Å². The second-order valence-electron chi connectivity index (χ2n) is 8.85. The zero-order valence-electron chi connectivity index (χ0n) is 18.5. The molecule has 0 atom stereocenters. The highest BCUT2D eigenvalue weighted by Crippen LogP contribution is 2.24. The van der Waals surface area contributed by atoms with Crippen LogP contribution in [0.5, 0.6) is 0 Å². The van der Waals surface area contributed by atoms with Gasteiger partial charge >= 0.3 is 0 Å². The third-order valence-electron chi connectivity index (χ3n) is 6.69. The molecule has 1 heterocycles. The van der Waals surface area contributed by atoms with E-state index in [1.165, 1.54) is 37.7 Å². The summed E-state index contributed by atoms with van der Waals surface area (Å²) in [6, 6.07) is 16.4. The van der Waals surface area contributed by atoms with Crippen molar-refractivity contribution in [1.82, 2.24) is 10.2 Å². The zero-order valence-corrected chi connectivity index (χ0v) is 18.5. The average Bonchev–Trinajstić information content (AvgIpc) is 3.24.